The summed E-state index contributed by atoms with van der Waals surface area (Å²) in [5.41, 5.74) is 4.21. The molecular formula is C48H38ClN5O5S2. The van der Waals surface area contributed by atoms with Crippen molar-refractivity contribution in [2.24, 2.45) is 5.16 Å². The van der Waals surface area contributed by atoms with Crippen LogP contribution in [-0.4, -0.2) is 63.0 Å². The summed E-state index contributed by atoms with van der Waals surface area (Å²) < 4.78 is 6.17. The number of carbonyl (C=O) groups is 3. The molecule has 0 bridgehead atoms. The van der Waals surface area contributed by atoms with Gasteiger partial charge in [-0.15, -0.1) is 41.1 Å². The van der Waals surface area contributed by atoms with Crippen molar-refractivity contribution in [3.8, 4) is 12.3 Å². The number of esters is 1. The number of rotatable bonds is 15. The van der Waals surface area contributed by atoms with Crippen LogP contribution in [0.25, 0.3) is 0 Å². The third-order valence-electron chi connectivity index (χ3n) is 10.3. The Balaban J connectivity index is 1.05. The minimum Gasteiger partial charge on any atom is -0.448 e. The minimum atomic E-state index is -1.01. The number of aromatic nitrogens is 1. The first kappa shape index (κ1) is 41.1. The van der Waals surface area contributed by atoms with Crippen molar-refractivity contribution in [2.45, 2.75) is 23.1 Å². The van der Waals surface area contributed by atoms with Crippen LogP contribution in [0.3, 0.4) is 0 Å². The van der Waals surface area contributed by atoms with Gasteiger partial charge in [0.2, 0.25) is 0 Å². The molecular weight excluding hydrogens is 826 g/mol. The molecule has 13 heteroatoms. The summed E-state index contributed by atoms with van der Waals surface area (Å²) in [5, 5.41) is 12.2. The maximum absolute atomic E-state index is 14.2. The number of hydrogen-bond acceptors (Lipinski definition) is 10. The predicted octanol–water partition coefficient (Wildman–Crippen LogP) is 8.13. The zero-order valence-electron chi connectivity index (χ0n) is 32.5. The number of nitrogens with one attached hydrogen (secondary N) is 2. The number of thiazole rings is 1. The van der Waals surface area contributed by atoms with Crippen LogP contribution >= 0.6 is 34.7 Å². The van der Waals surface area contributed by atoms with E-state index in [1.807, 2.05) is 115 Å². The van der Waals surface area contributed by atoms with Crippen LogP contribution < -0.4 is 10.6 Å². The van der Waals surface area contributed by atoms with Crippen LogP contribution in [0.4, 0.5) is 5.13 Å². The number of β-lactam (4-membered cyclic amide) rings is 1. The maximum atomic E-state index is 14.2. The average Bonchev–Trinajstić information content (AvgIpc) is 3.79. The number of halogens is 1. The van der Waals surface area contributed by atoms with Crippen molar-refractivity contribution in [3.63, 3.8) is 0 Å². The molecule has 2 aliphatic rings. The predicted molar refractivity (Wildman–Crippen MR) is 240 cm³/mol. The van der Waals surface area contributed by atoms with Gasteiger partial charge in [0.15, 0.2) is 23.6 Å². The summed E-state index contributed by atoms with van der Waals surface area (Å²) in [4.78, 5) is 53.9. The number of hydrogen-bond donors (Lipinski definition) is 2. The van der Waals surface area contributed by atoms with Crippen molar-refractivity contribution < 1.29 is 24.0 Å². The molecule has 0 saturated carbocycles. The largest absolute Gasteiger partial charge is 0.448 e. The molecule has 2 aliphatic heterocycles. The van der Waals surface area contributed by atoms with Gasteiger partial charge in [-0.1, -0.05) is 163 Å². The molecule has 3 heterocycles. The number of alkyl halides is 1. The fourth-order valence-electron chi connectivity index (χ4n) is 7.45. The van der Waals surface area contributed by atoms with E-state index < -0.39 is 40.8 Å². The zero-order chi connectivity index (χ0) is 42.2. The molecule has 0 radical (unpaired) electrons. The quantitative estimate of drug-likeness (QED) is 0.0155. The van der Waals surface area contributed by atoms with Crippen LogP contribution in [-0.2, 0) is 29.5 Å². The Morgan fingerprint density at radius 2 is 1.38 bits per heavy atom. The molecule has 8 rings (SSSR count). The lowest BCUT2D eigenvalue weighted by Gasteiger charge is -2.49. The summed E-state index contributed by atoms with van der Waals surface area (Å²) in [7, 11) is 0. The number of anilines is 1. The van der Waals surface area contributed by atoms with Gasteiger partial charge < -0.3 is 20.2 Å². The third kappa shape index (κ3) is 8.41. The molecule has 61 heavy (non-hydrogen) atoms. The summed E-state index contributed by atoms with van der Waals surface area (Å²) in [6.45, 7) is -0.204. The van der Waals surface area contributed by atoms with E-state index in [0.717, 1.165) is 27.8 Å². The molecule has 1 fully saturated rings. The van der Waals surface area contributed by atoms with Gasteiger partial charge in [0.25, 0.3) is 11.8 Å². The van der Waals surface area contributed by atoms with Crippen LogP contribution in [0, 0.1) is 12.3 Å². The SMILES string of the molecule is C#CCO/N=C(/C(=O)NC1C(=O)N2C(C(=O)OC(c3ccccc3)c3ccccc3)=C(CCl)CS[C@H]12)c1csc(NC(c2ccccc2)(c2ccccc2)c2ccccc2)n1. The Labute approximate surface area is 366 Å². The lowest BCUT2D eigenvalue weighted by atomic mass is 9.77. The number of benzene rings is 5. The van der Waals surface area contributed by atoms with E-state index in [1.165, 1.54) is 28.0 Å². The molecule has 1 saturated heterocycles. The molecule has 1 unspecified atom stereocenters. The van der Waals surface area contributed by atoms with Crippen LogP contribution in [0.5, 0.6) is 0 Å². The summed E-state index contributed by atoms with van der Waals surface area (Å²) in [5.74, 6) is 0.804. The highest BCUT2D eigenvalue weighted by Crippen LogP contribution is 2.43. The summed E-state index contributed by atoms with van der Waals surface area (Å²) >= 11 is 9.04. The van der Waals surface area contributed by atoms with E-state index in [4.69, 9.17) is 32.6 Å². The highest BCUT2D eigenvalue weighted by atomic mass is 35.5. The fourth-order valence-corrected chi connectivity index (χ4v) is 9.88. The van der Waals surface area contributed by atoms with E-state index >= 15 is 0 Å². The molecule has 6 aromatic rings. The Morgan fingerprint density at radius 1 is 0.852 bits per heavy atom. The normalized spacial score (nSPS) is 16.2. The number of terminal acetylenes is 1. The Morgan fingerprint density at radius 3 is 1.89 bits per heavy atom. The smallest absolute Gasteiger partial charge is 0.356 e. The molecule has 5 aromatic carbocycles. The monoisotopic (exact) mass is 863 g/mol. The molecule has 0 spiro atoms. The van der Waals surface area contributed by atoms with Gasteiger partial charge in [-0.05, 0) is 33.4 Å². The van der Waals surface area contributed by atoms with Gasteiger partial charge >= 0.3 is 5.97 Å². The molecule has 0 aliphatic carbocycles. The number of oxime groups is 1. The van der Waals surface area contributed by atoms with Crippen LogP contribution in [0.1, 0.15) is 39.6 Å². The van der Waals surface area contributed by atoms with Crippen molar-refractivity contribution in [1.82, 2.24) is 15.2 Å². The number of carbonyl (C=O) groups excluding carboxylic acids is 3. The summed E-state index contributed by atoms with van der Waals surface area (Å²) in [6, 6.07) is 47.9. The van der Waals surface area contributed by atoms with Crippen molar-refractivity contribution in [1.29, 1.82) is 0 Å². The first-order valence-corrected chi connectivity index (χ1v) is 21.8. The average molecular weight is 864 g/mol. The second-order valence-electron chi connectivity index (χ2n) is 14.0. The number of amides is 2. The van der Waals surface area contributed by atoms with Gasteiger partial charge in [0.1, 0.15) is 28.3 Å². The molecule has 2 atom stereocenters. The van der Waals surface area contributed by atoms with E-state index in [-0.39, 0.29) is 29.6 Å². The minimum absolute atomic E-state index is 0.00984. The molecule has 2 N–H and O–H groups in total. The summed E-state index contributed by atoms with van der Waals surface area (Å²) in [6.07, 6.45) is 4.72. The van der Waals surface area contributed by atoms with Crippen LogP contribution in [0.15, 0.2) is 173 Å². The second-order valence-corrected chi connectivity index (χ2v) is 16.2. The van der Waals surface area contributed by atoms with Gasteiger partial charge in [-0.3, -0.25) is 14.5 Å². The Bertz CT molecular complexity index is 2470. The molecule has 1 aromatic heterocycles. The fraction of sp³-hybridized carbons (Fsp3) is 0.146. The Hall–Kier alpha value is -6.65. The van der Waals surface area contributed by atoms with Gasteiger partial charge in [0.05, 0.1) is 0 Å². The van der Waals surface area contributed by atoms with Gasteiger partial charge in [0, 0.05) is 17.0 Å². The number of nitrogens with zero attached hydrogens (tertiary/aromatic N) is 3. The van der Waals surface area contributed by atoms with E-state index in [9.17, 15) is 14.4 Å². The van der Waals surface area contributed by atoms with E-state index in [0.29, 0.717) is 16.5 Å². The molecule has 304 valence electrons. The van der Waals surface area contributed by atoms with Crippen LogP contribution in [0.2, 0.25) is 0 Å². The van der Waals surface area contributed by atoms with Crippen molar-refractivity contribution in [3.05, 3.63) is 202 Å². The van der Waals surface area contributed by atoms with Gasteiger partial charge in [-0.25, -0.2) is 9.78 Å². The number of thioether (sulfide) groups is 1. The Kier molecular flexibility index (Phi) is 12.6. The van der Waals surface area contributed by atoms with Crippen molar-refractivity contribution >= 4 is 63.3 Å². The highest BCUT2D eigenvalue weighted by molar-refractivity contribution is 8.00. The first-order valence-electron chi connectivity index (χ1n) is 19.3. The lowest BCUT2D eigenvalue weighted by Crippen LogP contribution is -2.71. The second kappa shape index (κ2) is 18.7. The molecule has 2 amide bonds. The molecule has 10 nitrogen and oxygen atoms in total. The van der Waals surface area contributed by atoms with E-state index in [2.05, 4.69) is 58.1 Å². The highest BCUT2D eigenvalue weighted by Gasteiger charge is 2.55. The lowest BCUT2D eigenvalue weighted by molar-refractivity contribution is -0.154. The topological polar surface area (TPSA) is 122 Å². The first-order chi connectivity index (χ1) is 29.9. The number of fused-ring (bicyclic) bond motifs is 1. The standard InChI is InChI=1S/C48H38ClN5O5S2/c1-2-28-58-53-39(38-31-61-47(50-38)52-48(35-22-12-5-13-23-35,36-24-14-6-15-25-36)37-26-16-7-17-27-37)43(55)51-40-44(56)54-41(34(29-49)30-60-45(40)54)46(57)59-42(32-18-8-3-9-19-32)33-20-10-4-11-21-33/h1,3-27,31,40,42,45H,28-30H2,(H,50,52)(H,51,55)/b53-39+/t40?,45-/m1/s1. The maximum Gasteiger partial charge on any atom is 0.356 e. The van der Waals surface area contributed by atoms with E-state index in [1.54, 1.807) is 5.38 Å². The zero-order valence-corrected chi connectivity index (χ0v) is 34.9. The van der Waals surface area contributed by atoms with Crippen molar-refractivity contribution in [2.75, 3.05) is 23.6 Å². The number of ether oxygens (including phenoxy) is 1. The van der Waals surface area contributed by atoms with Gasteiger partial charge in [-0.2, -0.15) is 0 Å². The third-order valence-corrected chi connectivity index (χ3v) is 12.7.